The van der Waals surface area contributed by atoms with E-state index in [9.17, 15) is 0 Å². The smallest absolute Gasteiger partial charge is 0.174 e. The van der Waals surface area contributed by atoms with Gasteiger partial charge in [0.2, 0.25) is 0 Å². The van der Waals surface area contributed by atoms with Crippen LogP contribution in [0.4, 0.5) is 0 Å². The van der Waals surface area contributed by atoms with Crippen molar-refractivity contribution in [2.75, 3.05) is 0 Å². The minimum Gasteiger partial charge on any atom is -0.485 e. The van der Waals surface area contributed by atoms with Gasteiger partial charge in [0.05, 0.1) is 5.69 Å². The van der Waals surface area contributed by atoms with Crippen LogP contribution < -0.4 is 10.5 Å². The Bertz CT molecular complexity index is 582. The Morgan fingerprint density at radius 3 is 2.38 bits per heavy atom. The summed E-state index contributed by atoms with van der Waals surface area (Å²) in [5, 5.41) is 3.86. The van der Waals surface area contributed by atoms with Crippen molar-refractivity contribution < 1.29 is 9.26 Å². The van der Waals surface area contributed by atoms with Crippen LogP contribution >= 0.6 is 0 Å². The van der Waals surface area contributed by atoms with Gasteiger partial charge in [-0.1, -0.05) is 24.2 Å². The summed E-state index contributed by atoms with van der Waals surface area (Å²) < 4.78 is 11.1. The van der Waals surface area contributed by atoms with Gasteiger partial charge in [-0.3, -0.25) is 0 Å². The van der Waals surface area contributed by atoms with Gasteiger partial charge < -0.3 is 15.0 Å². The van der Waals surface area contributed by atoms with Crippen LogP contribution in [0.1, 0.15) is 41.5 Å². The molecule has 2 aromatic rings. The standard InChI is InChI=1S/C17H24N2O2/c1-5-15(18)9-14-6-11(2)17(12(3)7-14)20-10-16-8-13(4)19-21-16/h6-8,15H,5,9-10,18H2,1-4H3. The number of benzene rings is 1. The third-order valence-corrected chi connectivity index (χ3v) is 3.58. The van der Waals surface area contributed by atoms with E-state index in [1.807, 2.05) is 13.0 Å². The second-order valence-corrected chi connectivity index (χ2v) is 5.65. The van der Waals surface area contributed by atoms with Crippen LogP contribution in [0.3, 0.4) is 0 Å². The molecule has 4 nitrogen and oxygen atoms in total. The van der Waals surface area contributed by atoms with Crippen molar-refractivity contribution in [1.29, 1.82) is 0 Å². The fourth-order valence-corrected chi connectivity index (χ4v) is 2.46. The maximum absolute atomic E-state index is 6.03. The molecule has 1 aromatic carbocycles. The van der Waals surface area contributed by atoms with Gasteiger partial charge in [-0.2, -0.15) is 0 Å². The van der Waals surface area contributed by atoms with Crippen LogP contribution in [0.5, 0.6) is 5.75 Å². The molecule has 0 radical (unpaired) electrons. The van der Waals surface area contributed by atoms with E-state index in [1.54, 1.807) is 0 Å². The zero-order valence-corrected chi connectivity index (χ0v) is 13.3. The van der Waals surface area contributed by atoms with Crippen LogP contribution in [-0.2, 0) is 13.0 Å². The summed E-state index contributed by atoms with van der Waals surface area (Å²) in [6.45, 7) is 8.54. The highest BCUT2D eigenvalue weighted by Crippen LogP contribution is 2.26. The maximum atomic E-state index is 6.03. The average Bonchev–Trinajstić information content (AvgIpc) is 2.83. The predicted molar refractivity (Wildman–Crippen MR) is 83.5 cm³/mol. The summed E-state index contributed by atoms with van der Waals surface area (Å²) in [7, 11) is 0. The summed E-state index contributed by atoms with van der Waals surface area (Å²) in [5.41, 5.74) is 10.4. The Kier molecular flexibility index (Phi) is 5.02. The molecule has 114 valence electrons. The molecule has 1 unspecified atom stereocenters. The molecule has 4 heteroatoms. The molecule has 0 aliphatic heterocycles. The van der Waals surface area contributed by atoms with E-state index in [4.69, 9.17) is 15.0 Å². The average molecular weight is 288 g/mol. The summed E-state index contributed by atoms with van der Waals surface area (Å²) >= 11 is 0. The molecular weight excluding hydrogens is 264 g/mol. The molecule has 1 aromatic heterocycles. The molecule has 0 amide bonds. The van der Waals surface area contributed by atoms with E-state index >= 15 is 0 Å². The first kappa shape index (κ1) is 15.6. The molecule has 0 fully saturated rings. The lowest BCUT2D eigenvalue weighted by molar-refractivity contribution is 0.246. The molecule has 21 heavy (non-hydrogen) atoms. The number of aromatic nitrogens is 1. The van der Waals surface area contributed by atoms with E-state index in [1.165, 1.54) is 5.56 Å². The Balaban J connectivity index is 2.09. The van der Waals surface area contributed by atoms with Gasteiger partial charge in [-0.05, 0) is 50.3 Å². The van der Waals surface area contributed by atoms with Crippen molar-refractivity contribution in [2.45, 2.75) is 53.2 Å². The lowest BCUT2D eigenvalue weighted by Gasteiger charge is -2.15. The summed E-state index contributed by atoms with van der Waals surface area (Å²) in [5.74, 6) is 1.65. The quantitative estimate of drug-likeness (QED) is 0.884. The summed E-state index contributed by atoms with van der Waals surface area (Å²) in [6.07, 6.45) is 1.89. The van der Waals surface area contributed by atoms with Gasteiger partial charge in [-0.25, -0.2) is 0 Å². The van der Waals surface area contributed by atoms with Gasteiger partial charge in [0.1, 0.15) is 12.4 Å². The molecule has 0 aliphatic rings. The normalized spacial score (nSPS) is 12.4. The summed E-state index contributed by atoms with van der Waals surface area (Å²) in [6, 6.07) is 6.42. The first-order chi connectivity index (χ1) is 9.99. The van der Waals surface area contributed by atoms with Crippen LogP contribution in [0.25, 0.3) is 0 Å². The zero-order valence-electron chi connectivity index (χ0n) is 13.3. The highest BCUT2D eigenvalue weighted by atomic mass is 16.5. The zero-order chi connectivity index (χ0) is 15.4. The van der Waals surface area contributed by atoms with E-state index in [-0.39, 0.29) is 6.04 Å². The fourth-order valence-electron chi connectivity index (χ4n) is 2.46. The molecule has 1 heterocycles. The van der Waals surface area contributed by atoms with E-state index < -0.39 is 0 Å². The van der Waals surface area contributed by atoms with E-state index in [2.05, 4.69) is 38.1 Å². The minimum absolute atomic E-state index is 0.215. The summed E-state index contributed by atoms with van der Waals surface area (Å²) in [4.78, 5) is 0. The Hall–Kier alpha value is -1.81. The number of ether oxygens (including phenoxy) is 1. The number of hydrogen-bond donors (Lipinski definition) is 1. The number of rotatable bonds is 6. The molecule has 0 saturated carbocycles. The topological polar surface area (TPSA) is 61.3 Å². The maximum Gasteiger partial charge on any atom is 0.174 e. The van der Waals surface area contributed by atoms with Crippen LogP contribution in [0, 0.1) is 20.8 Å². The van der Waals surface area contributed by atoms with Crippen molar-refractivity contribution in [3.05, 3.63) is 46.3 Å². The number of nitrogens with zero attached hydrogens (tertiary/aromatic N) is 1. The van der Waals surface area contributed by atoms with Crippen LogP contribution in [0.2, 0.25) is 0 Å². The second kappa shape index (κ2) is 6.76. The third-order valence-electron chi connectivity index (χ3n) is 3.58. The fraction of sp³-hybridized carbons (Fsp3) is 0.471. The molecule has 0 aliphatic carbocycles. The molecule has 1 atom stereocenters. The lowest BCUT2D eigenvalue weighted by atomic mass is 9.99. The lowest BCUT2D eigenvalue weighted by Crippen LogP contribution is -2.21. The third kappa shape index (κ3) is 4.08. The molecule has 0 saturated heterocycles. The van der Waals surface area contributed by atoms with Crippen molar-refractivity contribution in [1.82, 2.24) is 5.16 Å². The molecule has 0 spiro atoms. The Morgan fingerprint density at radius 1 is 1.19 bits per heavy atom. The largest absolute Gasteiger partial charge is 0.485 e. The van der Waals surface area contributed by atoms with Gasteiger partial charge >= 0.3 is 0 Å². The number of nitrogens with two attached hydrogens (primary N) is 1. The first-order valence-electron chi connectivity index (χ1n) is 7.40. The second-order valence-electron chi connectivity index (χ2n) is 5.65. The molecule has 0 bridgehead atoms. The van der Waals surface area contributed by atoms with Gasteiger partial charge in [0.15, 0.2) is 5.76 Å². The van der Waals surface area contributed by atoms with Gasteiger partial charge in [0, 0.05) is 12.1 Å². The van der Waals surface area contributed by atoms with Gasteiger partial charge in [-0.15, -0.1) is 0 Å². The van der Waals surface area contributed by atoms with Crippen LogP contribution in [-0.4, -0.2) is 11.2 Å². The van der Waals surface area contributed by atoms with Crippen molar-refractivity contribution in [2.24, 2.45) is 5.73 Å². The van der Waals surface area contributed by atoms with Crippen molar-refractivity contribution in [3.63, 3.8) is 0 Å². The first-order valence-corrected chi connectivity index (χ1v) is 7.40. The minimum atomic E-state index is 0.215. The molecule has 2 rings (SSSR count). The number of hydrogen-bond acceptors (Lipinski definition) is 4. The number of aryl methyl sites for hydroxylation is 3. The van der Waals surface area contributed by atoms with Crippen molar-refractivity contribution >= 4 is 0 Å². The predicted octanol–water partition coefficient (Wildman–Crippen LogP) is 3.46. The van der Waals surface area contributed by atoms with E-state index in [0.29, 0.717) is 6.61 Å². The van der Waals surface area contributed by atoms with Gasteiger partial charge in [0.25, 0.3) is 0 Å². The van der Waals surface area contributed by atoms with E-state index in [0.717, 1.165) is 41.2 Å². The Labute approximate surface area is 126 Å². The monoisotopic (exact) mass is 288 g/mol. The molecular formula is C17H24N2O2. The van der Waals surface area contributed by atoms with Crippen LogP contribution in [0.15, 0.2) is 22.7 Å². The Morgan fingerprint density at radius 2 is 1.86 bits per heavy atom. The highest BCUT2D eigenvalue weighted by molar-refractivity contribution is 5.43. The molecule has 2 N–H and O–H groups in total. The highest BCUT2D eigenvalue weighted by Gasteiger charge is 2.10. The SMILES string of the molecule is CCC(N)Cc1cc(C)c(OCc2cc(C)no2)c(C)c1. The van der Waals surface area contributed by atoms with Crippen molar-refractivity contribution in [3.8, 4) is 5.75 Å².